The van der Waals surface area contributed by atoms with Crippen LogP contribution in [-0.2, 0) is 4.79 Å². The highest BCUT2D eigenvalue weighted by Crippen LogP contribution is 2.38. The molecule has 1 saturated heterocycles. The van der Waals surface area contributed by atoms with Gasteiger partial charge in [-0.05, 0) is 66.2 Å². The first-order chi connectivity index (χ1) is 17.4. The summed E-state index contributed by atoms with van der Waals surface area (Å²) in [6, 6.07) is 17.1. The Bertz CT molecular complexity index is 1360. The first-order valence-corrected chi connectivity index (χ1v) is 10.5. The lowest BCUT2D eigenvalue weighted by atomic mass is 10.0. The van der Waals surface area contributed by atoms with E-state index in [2.05, 4.69) is 14.5 Å². The molecular formula is C25H15F6N3O3. The topological polar surface area (TPSA) is 74.9 Å². The van der Waals surface area contributed by atoms with Gasteiger partial charge in [0.05, 0.1) is 23.4 Å². The van der Waals surface area contributed by atoms with Gasteiger partial charge in [-0.15, -0.1) is 26.3 Å². The van der Waals surface area contributed by atoms with Crippen molar-refractivity contribution < 1.29 is 40.6 Å². The molecule has 1 atom stereocenters. The molecule has 12 heteroatoms. The first kappa shape index (κ1) is 25.6. The van der Waals surface area contributed by atoms with Gasteiger partial charge in [0.2, 0.25) is 0 Å². The van der Waals surface area contributed by atoms with Crippen molar-refractivity contribution in [3.05, 3.63) is 83.9 Å². The predicted octanol–water partition coefficient (Wildman–Crippen LogP) is 6.61. The number of halogens is 6. The number of carbonyl (C=O) groups excluding carboxylic acids is 1. The Morgan fingerprint density at radius 1 is 0.865 bits per heavy atom. The summed E-state index contributed by atoms with van der Waals surface area (Å²) in [4.78, 5) is 19.0. The van der Waals surface area contributed by atoms with Crippen molar-refractivity contribution >= 4 is 23.0 Å². The van der Waals surface area contributed by atoms with E-state index >= 15 is 0 Å². The van der Waals surface area contributed by atoms with Gasteiger partial charge in [-0.25, -0.2) is 4.99 Å². The van der Waals surface area contributed by atoms with Crippen LogP contribution in [0.1, 0.15) is 23.6 Å². The number of benzene rings is 3. The normalized spacial score (nSPS) is 17.1. The summed E-state index contributed by atoms with van der Waals surface area (Å²) in [7, 11) is 0. The first-order valence-electron chi connectivity index (χ1n) is 10.5. The van der Waals surface area contributed by atoms with E-state index in [-0.39, 0.29) is 23.5 Å². The van der Waals surface area contributed by atoms with E-state index in [0.29, 0.717) is 11.1 Å². The summed E-state index contributed by atoms with van der Waals surface area (Å²) in [6.07, 6.45) is -9.68. The van der Waals surface area contributed by atoms with Crippen LogP contribution in [0, 0.1) is 11.3 Å². The maximum Gasteiger partial charge on any atom is 0.573 e. The molecule has 0 spiro atoms. The Morgan fingerprint density at radius 2 is 1.43 bits per heavy atom. The predicted molar refractivity (Wildman–Crippen MR) is 119 cm³/mol. The molecular weight excluding hydrogens is 504 g/mol. The molecule has 1 fully saturated rings. The van der Waals surface area contributed by atoms with Crippen molar-refractivity contribution in [2.24, 2.45) is 4.99 Å². The molecule has 0 saturated carbocycles. The van der Waals surface area contributed by atoms with E-state index in [1.807, 2.05) is 6.07 Å². The number of hydrogen-bond donors (Lipinski definition) is 0. The standard InChI is InChI=1S/C25H15F6N3O3/c26-24(27,28)36-19-8-4-17(5-9-19)33-21-13-22(16-3-1-2-15(12-16)14-32)34(23(21)35)18-6-10-20(11-7-18)37-25(29,30)31/h1-12,22H,13H2. The molecule has 0 aliphatic carbocycles. The molecule has 37 heavy (non-hydrogen) atoms. The molecule has 4 rings (SSSR count). The molecule has 1 aliphatic heterocycles. The fourth-order valence-corrected chi connectivity index (χ4v) is 3.80. The van der Waals surface area contributed by atoms with Gasteiger partial charge in [0.1, 0.15) is 17.2 Å². The summed E-state index contributed by atoms with van der Waals surface area (Å²) in [6.45, 7) is 0. The van der Waals surface area contributed by atoms with Crippen molar-refractivity contribution in [1.82, 2.24) is 0 Å². The molecule has 1 aliphatic rings. The molecule has 0 aromatic heterocycles. The smallest absolute Gasteiger partial charge is 0.406 e. The van der Waals surface area contributed by atoms with Gasteiger partial charge in [0.15, 0.2) is 0 Å². The Labute approximate surface area is 206 Å². The summed E-state index contributed by atoms with van der Waals surface area (Å²) in [5.74, 6) is -1.49. The lowest BCUT2D eigenvalue weighted by molar-refractivity contribution is -0.275. The van der Waals surface area contributed by atoms with Crippen LogP contribution in [0.2, 0.25) is 0 Å². The van der Waals surface area contributed by atoms with Gasteiger partial charge >= 0.3 is 12.7 Å². The quantitative estimate of drug-likeness (QED) is 0.356. The molecule has 0 bridgehead atoms. The second-order valence-electron chi connectivity index (χ2n) is 7.77. The van der Waals surface area contributed by atoms with Crippen LogP contribution in [0.25, 0.3) is 0 Å². The van der Waals surface area contributed by atoms with Crippen molar-refractivity contribution in [2.75, 3.05) is 4.90 Å². The summed E-state index contributed by atoms with van der Waals surface area (Å²) in [5.41, 5.74) is 1.43. The van der Waals surface area contributed by atoms with Crippen LogP contribution >= 0.6 is 0 Å². The lowest BCUT2D eigenvalue weighted by Gasteiger charge is -2.25. The fraction of sp³-hybridized carbons (Fsp3) is 0.160. The molecule has 3 aromatic rings. The maximum atomic E-state index is 13.4. The van der Waals surface area contributed by atoms with Crippen LogP contribution in [0.5, 0.6) is 11.5 Å². The molecule has 0 radical (unpaired) electrons. The largest absolute Gasteiger partial charge is 0.573 e. The van der Waals surface area contributed by atoms with Crippen molar-refractivity contribution in [2.45, 2.75) is 25.2 Å². The third kappa shape index (κ3) is 6.38. The molecule has 3 aromatic carbocycles. The maximum absolute atomic E-state index is 13.4. The van der Waals surface area contributed by atoms with Crippen LogP contribution < -0.4 is 14.4 Å². The SMILES string of the molecule is N#Cc1cccc(C2CC(=Nc3ccc(OC(F)(F)F)cc3)C(=O)N2c2ccc(OC(F)(F)F)cc2)c1. The number of alkyl halides is 6. The number of hydrogen-bond acceptors (Lipinski definition) is 5. The van der Waals surface area contributed by atoms with E-state index in [0.717, 1.165) is 24.3 Å². The second kappa shape index (κ2) is 9.85. The van der Waals surface area contributed by atoms with Crippen LogP contribution in [-0.4, -0.2) is 24.3 Å². The average molecular weight is 519 g/mol. The Kier molecular flexibility index (Phi) is 6.80. The third-order valence-corrected chi connectivity index (χ3v) is 5.25. The van der Waals surface area contributed by atoms with Crippen LogP contribution in [0.3, 0.4) is 0 Å². The van der Waals surface area contributed by atoms with E-state index in [4.69, 9.17) is 0 Å². The minimum Gasteiger partial charge on any atom is -0.406 e. The highest BCUT2D eigenvalue weighted by atomic mass is 19.4. The van der Waals surface area contributed by atoms with Crippen LogP contribution in [0.15, 0.2) is 77.8 Å². The summed E-state index contributed by atoms with van der Waals surface area (Å²) < 4.78 is 82.5. The van der Waals surface area contributed by atoms with Crippen molar-refractivity contribution in [1.29, 1.82) is 5.26 Å². The monoisotopic (exact) mass is 519 g/mol. The molecule has 190 valence electrons. The number of carbonyl (C=O) groups is 1. The summed E-state index contributed by atoms with van der Waals surface area (Å²) >= 11 is 0. The zero-order valence-electron chi connectivity index (χ0n) is 18.5. The molecule has 1 amide bonds. The Balaban J connectivity index is 1.68. The van der Waals surface area contributed by atoms with Crippen molar-refractivity contribution in [3.8, 4) is 17.6 Å². The van der Waals surface area contributed by atoms with Gasteiger partial charge in [0, 0.05) is 12.1 Å². The van der Waals surface area contributed by atoms with Crippen LogP contribution in [0.4, 0.5) is 37.7 Å². The Morgan fingerprint density at radius 3 is 1.97 bits per heavy atom. The number of amides is 1. The molecule has 0 N–H and O–H groups in total. The Hall–Kier alpha value is -4.53. The van der Waals surface area contributed by atoms with Gasteiger partial charge in [-0.3, -0.25) is 9.69 Å². The highest BCUT2D eigenvalue weighted by molar-refractivity contribution is 6.46. The number of nitriles is 1. The zero-order valence-corrected chi connectivity index (χ0v) is 18.5. The number of ether oxygens (including phenoxy) is 2. The second-order valence-corrected chi connectivity index (χ2v) is 7.77. The van der Waals surface area contributed by atoms with Gasteiger partial charge in [-0.1, -0.05) is 12.1 Å². The van der Waals surface area contributed by atoms with Gasteiger partial charge in [-0.2, -0.15) is 5.26 Å². The van der Waals surface area contributed by atoms with E-state index in [9.17, 15) is 36.4 Å². The number of anilines is 1. The fourth-order valence-electron chi connectivity index (χ4n) is 3.80. The number of rotatable bonds is 5. The molecule has 1 heterocycles. The molecule has 1 unspecified atom stereocenters. The third-order valence-electron chi connectivity index (χ3n) is 5.25. The minimum atomic E-state index is -4.88. The number of aliphatic imine (C=N–C) groups is 1. The van der Waals surface area contributed by atoms with E-state index in [1.165, 1.54) is 29.2 Å². The lowest BCUT2D eigenvalue weighted by Crippen LogP contribution is -2.29. The summed E-state index contributed by atoms with van der Waals surface area (Å²) in [5, 5.41) is 9.26. The van der Waals surface area contributed by atoms with Gasteiger partial charge < -0.3 is 9.47 Å². The minimum absolute atomic E-state index is 0.0625. The highest BCUT2D eigenvalue weighted by Gasteiger charge is 2.39. The average Bonchev–Trinajstić information content (AvgIpc) is 3.15. The zero-order chi connectivity index (χ0) is 26.8. The molecule has 6 nitrogen and oxygen atoms in total. The van der Waals surface area contributed by atoms with E-state index in [1.54, 1.807) is 24.3 Å². The number of nitrogens with zero attached hydrogens (tertiary/aromatic N) is 3. The van der Waals surface area contributed by atoms with E-state index < -0.39 is 36.2 Å². The van der Waals surface area contributed by atoms with Crippen molar-refractivity contribution in [3.63, 3.8) is 0 Å². The van der Waals surface area contributed by atoms with Gasteiger partial charge in [0.25, 0.3) is 5.91 Å².